The van der Waals surface area contributed by atoms with Crippen molar-refractivity contribution in [1.29, 1.82) is 0 Å². The standard InChI is InChI=1S/C21H23N3O2/c1-24(18-10-6-3-7-11-18)15-14-22-20(25)12-13-21-23-16-19(26-21)17-8-4-2-5-9-17/h2-11,16H,12-15H2,1H3,(H,22,25). The van der Waals surface area contributed by atoms with Crippen LogP contribution in [0.1, 0.15) is 12.3 Å². The molecule has 5 heteroatoms. The number of hydrogen-bond donors (Lipinski definition) is 1. The Morgan fingerprint density at radius 3 is 2.50 bits per heavy atom. The summed E-state index contributed by atoms with van der Waals surface area (Å²) < 4.78 is 5.72. The highest BCUT2D eigenvalue weighted by Gasteiger charge is 2.09. The zero-order valence-electron chi connectivity index (χ0n) is 14.9. The van der Waals surface area contributed by atoms with E-state index in [1.807, 2.05) is 55.6 Å². The van der Waals surface area contributed by atoms with E-state index in [9.17, 15) is 4.79 Å². The van der Waals surface area contributed by atoms with Gasteiger partial charge < -0.3 is 14.6 Å². The number of carbonyl (C=O) groups excluding carboxylic acids is 1. The van der Waals surface area contributed by atoms with Crippen LogP contribution < -0.4 is 10.2 Å². The Morgan fingerprint density at radius 2 is 1.77 bits per heavy atom. The molecule has 3 aromatic rings. The van der Waals surface area contributed by atoms with E-state index < -0.39 is 0 Å². The molecule has 1 aromatic heterocycles. The van der Waals surface area contributed by atoms with Crippen LogP contribution >= 0.6 is 0 Å². The molecule has 1 heterocycles. The Balaban J connectivity index is 1.40. The summed E-state index contributed by atoms with van der Waals surface area (Å²) in [5.74, 6) is 1.32. The van der Waals surface area contributed by atoms with Gasteiger partial charge in [-0.05, 0) is 12.1 Å². The molecule has 0 radical (unpaired) electrons. The summed E-state index contributed by atoms with van der Waals surface area (Å²) in [7, 11) is 2.01. The van der Waals surface area contributed by atoms with Gasteiger partial charge in [0.15, 0.2) is 11.7 Å². The van der Waals surface area contributed by atoms with Gasteiger partial charge in [0.2, 0.25) is 5.91 Å². The zero-order valence-corrected chi connectivity index (χ0v) is 14.9. The van der Waals surface area contributed by atoms with Crippen LogP contribution in [0, 0.1) is 0 Å². The first-order valence-electron chi connectivity index (χ1n) is 8.75. The minimum atomic E-state index is 0.00548. The van der Waals surface area contributed by atoms with Crippen LogP contribution in [0.5, 0.6) is 0 Å². The summed E-state index contributed by atoms with van der Waals surface area (Å²) in [6.07, 6.45) is 2.56. The lowest BCUT2D eigenvalue weighted by atomic mass is 10.2. The van der Waals surface area contributed by atoms with Crippen LogP contribution in [0.25, 0.3) is 11.3 Å². The van der Waals surface area contributed by atoms with Gasteiger partial charge in [-0.3, -0.25) is 4.79 Å². The average molecular weight is 349 g/mol. The number of amides is 1. The van der Waals surface area contributed by atoms with Crippen LogP contribution in [0.15, 0.2) is 71.3 Å². The number of aryl methyl sites for hydroxylation is 1. The van der Waals surface area contributed by atoms with E-state index in [0.717, 1.165) is 23.6 Å². The highest BCUT2D eigenvalue weighted by Crippen LogP contribution is 2.20. The molecule has 0 unspecified atom stereocenters. The molecule has 1 amide bonds. The third kappa shape index (κ3) is 4.96. The summed E-state index contributed by atoms with van der Waals surface area (Å²) in [5, 5.41) is 2.94. The monoisotopic (exact) mass is 349 g/mol. The van der Waals surface area contributed by atoms with Crippen LogP contribution in [-0.4, -0.2) is 31.0 Å². The van der Waals surface area contributed by atoms with Gasteiger partial charge in [0.05, 0.1) is 6.20 Å². The summed E-state index contributed by atoms with van der Waals surface area (Å²) in [6, 6.07) is 19.9. The number of anilines is 1. The van der Waals surface area contributed by atoms with Crippen molar-refractivity contribution in [3.63, 3.8) is 0 Å². The molecule has 3 rings (SSSR count). The van der Waals surface area contributed by atoms with Crippen molar-refractivity contribution < 1.29 is 9.21 Å². The number of hydrogen-bond acceptors (Lipinski definition) is 4. The number of likely N-dealkylation sites (N-methyl/N-ethyl adjacent to an activating group) is 1. The second kappa shape index (κ2) is 8.85. The molecule has 5 nitrogen and oxygen atoms in total. The van der Waals surface area contributed by atoms with Crippen molar-refractivity contribution in [3.05, 3.63) is 72.8 Å². The molecule has 134 valence electrons. The quantitative estimate of drug-likeness (QED) is 0.676. The molecule has 1 N–H and O–H groups in total. The lowest BCUT2D eigenvalue weighted by Crippen LogP contribution is -2.33. The van der Waals surface area contributed by atoms with E-state index in [0.29, 0.717) is 25.3 Å². The van der Waals surface area contributed by atoms with Gasteiger partial charge in [0.25, 0.3) is 0 Å². The molecule has 0 aliphatic rings. The van der Waals surface area contributed by atoms with Crippen molar-refractivity contribution in [2.75, 3.05) is 25.0 Å². The second-order valence-corrected chi connectivity index (χ2v) is 6.09. The van der Waals surface area contributed by atoms with E-state index in [4.69, 9.17) is 4.42 Å². The van der Waals surface area contributed by atoms with E-state index in [1.54, 1.807) is 6.20 Å². The normalized spacial score (nSPS) is 10.5. The van der Waals surface area contributed by atoms with Crippen molar-refractivity contribution in [3.8, 4) is 11.3 Å². The van der Waals surface area contributed by atoms with E-state index in [2.05, 4.69) is 27.3 Å². The Kier molecular flexibility index (Phi) is 6.04. The fourth-order valence-corrected chi connectivity index (χ4v) is 2.65. The topological polar surface area (TPSA) is 58.4 Å². The molecule has 0 saturated heterocycles. The molecule has 0 fully saturated rings. The predicted molar refractivity (Wildman–Crippen MR) is 103 cm³/mol. The van der Waals surface area contributed by atoms with Crippen LogP contribution in [-0.2, 0) is 11.2 Å². The highest BCUT2D eigenvalue weighted by molar-refractivity contribution is 5.76. The number of benzene rings is 2. The molecule has 0 saturated carbocycles. The number of rotatable bonds is 8. The van der Waals surface area contributed by atoms with E-state index in [-0.39, 0.29) is 5.91 Å². The van der Waals surface area contributed by atoms with E-state index >= 15 is 0 Å². The maximum absolute atomic E-state index is 12.0. The van der Waals surface area contributed by atoms with E-state index in [1.165, 1.54) is 0 Å². The lowest BCUT2D eigenvalue weighted by molar-refractivity contribution is -0.121. The molecule has 0 atom stereocenters. The lowest BCUT2D eigenvalue weighted by Gasteiger charge is -2.19. The SMILES string of the molecule is CN(CCNC(=O)CCc1ncc(-c2ccccc2)o1)c1ccccc1. The molecule has 0 aliphatic carbocycles. The summed E-state index contributed by atoms with van der Waals surface area (Å²) >= 11 is 0. The van der Waals surface area contributed by atoms with Crippen molar-refractivity contribution in [2.45, 2.75) is 12.8 Å². The molecule has 0 aliphatic heterocycles. The Hall–Kier alpha value is -3.08. The fourth-order valence-electron chi connectivity index (χ4n) is 2.65. The van der Waals surface area contributed by atoms with Crippen molar-refractivity contribution >= 4 is 11.6 Å². The van der Waals surface area contributed by atoms with Gasteiger partial charge in [0, 0.05) is 44.2 Å². The van der Waals surface area contributed by atoms with Crippen LogP contribution in [0.4, 0.5) is 5.69 Å². The number of aromatic nitrogens is 1. The summed E-state index contributed by atoms with van der Waals surface area (Å²) in [6.45, 7) is 1.36. The number of oxazole rings is 1. The highest BCUT2D eigenvalue weighted by atomic mass is 16.4. The van der Waals surface area contributed by atoms with Gasteiger partial charge in [-0.2, -0.15) is 0 Å². The van der Waals surface area contributed by atoms with Crippen LogP contribution in [0.2, 0.25) is 0 Å². The van der Waals surface area contributed by atoms with Gasteiger partial charge in [0.1, 0.15) is 0 Å². The number of nitrogens with one attached hydrogen (secondary N) is 1. The predicted octanol–water partition coefficient (Wildman–Crippen LogP) is 3.53. The van der Waals surface area contributed by atoms with Crippen LogP contribution in [0.3, 0.4) is 0 Å². The van der Waals surface area contributed by atoms with Gasteiger partial charge >= 0.3 is 0 Å². The van der Waals surface area contributed by atoms with Gasteiger partial charge in [-0.15, -0.1) is 0 Å². The van der Waals surface area contributed by atoms with Gasteiger partial charge in [-0.25, -0.2) is 4.98 Å². The number of carbonyl (C=O) groups is 1. The first-order valence-corrected chi connectivity index (χ1v) is 8.75. The average Bonchev–Trinajstić information content (AvgIpc) is 3.17. The number of para-hydroxylation sites is 1. The molecular weight excluding hydrogens is 326 g/mol. The Labute approximate surface area is 153 Å². The molecule has 0 bridgehead atoms. The zero-order chi connectivity index (χ0) is 18.2. The minimum absolute atomic E-state index is 0.00548. The Bertz CT molecular complexity index is 816. The largest absolute Gasteiger partial charge is 0.441 e. The smallest absolute Gasteiger partial charge is 0.220 e. The van der Waals surface area contributed by atoms with Crippen molar-refractivity contribution in [2.24, 2.45) is 0 Å². The second-order valence-electron chi connectivity index (χ2n) is 6.09. The summed E-state index contributed by atoms with van der Waals surface area (Å²) in [5.41, 5.74) is 2.12. The molecular formula is C21H23N3O2. The first-order chi connectivity index (χ1) is 12.7. The van der Waals surface area contributed by atoms with Crippen molar-refractivity contribution in [1.82, 2.24) is 10.3 Å². The molecule has 26 heavy (non-hydrogen) atoms. The number of nitrogens with zero attached hydrogens (tertiary/aromatic N) is 2. The minimum Gasteiger partial charge on any atom is -0.441 e. The first kappa shape index (κ1) is 17.7. The fraction of sp³-hybridized carbons (Fsp3) is 0.238. The Morgan fingerprint density at radius 1 is 1.08 bits per heavy atom. The maximum atomic E-state index is 12.0. The molecule has 2 aromatic carbocycles. The third-order valence-electron chi connectivity index (χ3n) is 4.14. The summed E-state index contributed by atoms with van der Waals surface area (Å²) in [4.78, 5) is 18.4. The maximum Gasteiger partial charge on any atom is 0.220 e. The molecule has 0 spiro atoms. The third-order valence-corrected chi connectivity index (χ3v) is 4.14. The van der Waals surface area contributed by atoms with Gasteiger partial charge in [-0.1, -0.05) is 48.5 Å².